The van der Waals surface area contributed by atoms with Crippen LogP contribution in [0.3, 0.4) is 0 Å². The van der Waals surface area contributed by atoms with Crippen LogP contribution in [-0.2, 0) is 4.79 Å². The van der Waals surface area contributed by atoms with E-state index in [0.717, 1.165) is 50.6 Å². The first kappa shape index (κ1) is 26.7. The second kappa shape index (κ2) is 12.7. The zero-order chi connectivity index (χ0) is 25.4. The summed E-state index contributed by atoms with van der Waals surface area (Å²) in [6, 6.07) is 5.38. The Morgan fingerprint density at radius 2 is 1.69 bits per heavy atom. The molecule has 2 aliphatic carbocycles. The normalized spacial score (nSPS) is 22.2. The van der Waals surface area contributed by atoms with Crippen molar-refractivity contribution in [2.75, 3.05) is 27.2 Å². The van der Waals surface area contributed by atoms with E-state index < -0.39 is 0 Å². The summed E-state index contributed by atoms with van der Waals surface area (Å²) in [4.78, 5) is 40.2. The van der Waals surface area contributed by atoms with Crippen molar-refractivity contribution in [1.82, 2.24) is 20.9 Å². The molecule has 0 saturated heterocycles. The topological polar surface area (TPSA) is 99.8 Å². The highest BCUT2D eigenvalue weighted by Crippen LogP contribution is 2.25. The molecular weight excluding hydrogens is 444 g/mol. The van der Waals surface area contributed by atoms with Gasteiger partial charge >= 0.3 is 0 Å². The van der Waals surface area contributed by atoms with E-state index in [9.17, 15) is 14.4 Å². The predicted molar refractivity (Wildman–Crippen MR) is 136 cm³/mol. The molecule has 0 spiro atoms. The van der Waals surface area contributed by atoms with Gasteiger partial charge in [0.05, 0.1) is 0 Å². The van der Waals surface area contributed by atoms with Crippen molar-refractivity contribution in [2.45, 2.75) is 70.9 Å². The number of hydrogen-bond donors (Lipinski definition) is 3. The van der Waals surface area contributed by atoms with Gasteiger partial charge in [0.25, 0.3) is 17.7 Å². The quantitative estimate of drug-likeness (QED) is 0.500. The number of carbonyl (C=O) groups is 3. The molecule has 0 bridgehead atoms. The Morgan fingerprint density at radius 3 is 2.29 bits per heavy atom. The molecule has 2 aliphatic rings. The standard InChI is InChI=1S/C27H40N4O4/c1-5-28-25(32)17-35-24-15-19(26(33)29-21-8-6-18(2)7-9-21)14-20(16-24)27(34)30-22-10-12-23(13-11-22)31(3)4/h10,14-16,18,21,23H,5-9,11-13,17H2,1-4H3,(H,28,32)(H,29,33)(H,30,34). The first-order valence-electron chi connectivity index (χ1n) is 12.8. The summed E-state index contributed by atoms with van der Waals surface area (Å²) in [7, 11) is 4.13. The molecule has 3 rings (SSSR count). The van der Waals surface area contributed by atoms with Crippen molar-refractivity contribution in [3.63, 3.8) is 0 Å². The Balaban J connectivity index is 1.74. The Labute approximate surface area is 208 Å². The molecule has 0 aromatic heterocycles. The number of likely N-dealkylation sites (N-methyl/N-ethyl adjacent to an activating group) is 1. The van der Waals surface area contributed by atoms with Crippen LogP contribution in [-0.4, -0.2) is 62.0 Å². The second-order valence-corrected chi connectivity index (χ2v) is 9.99. The number of carbonyl (C=O) groups excluding carboxylic acids is 3. The summed E-state index contributed by atoms with van der Waals surface area (Å²) in [5.74, 6) is 0.229. The molecule has 1 aromatic rings. The van der Waals surface area contributed by atoms with Gasteiger partial charge in [-0.1, -0.05) is 13.0 Å². The van der Waals surface area contributed by atoms with Crippen LogP contribution < -0.4 is 20.7 Å². The fourth-order valence-electron chi connectivity index (χ4n) is 4.64. The third-order valence-corrected chi connectivity index (χ3v) is 6.91. The maximum absolute atomic E-state index is 13.1. The highest BCUT2D eigenvalue weighted by molar-refractivity contribution is 6.01. The number of ether oxygens (including phenoxy) is 1. The smallest absolute Gasteiger partial charge is 0.257 e. The molecule has 0 aliphatic heterocycles. The van der Waals surface area contributed by atoms with Gasteiger partial charge in [0.2, 0.25) is 0 Å². The van der Waals surface area contributed by atoms with E-state index in [1.165, 1.54) is 0 Å². The molecule has 1 aromatic carbocycles. The molecule has 1 atom stereocenters. The van der Waals surface area contributed by atoms with Gasteiger partial charge in [0, 0.05) is 35.5 Å². The largest absolute Gasteiger partial charge is 0.484 e. The molecule has 3 amide bonds. The maximum atomic E-state index is 13.1. The minimum atomic E-state index is -0.288. The third kappa shape index (κ3) is 8.09. The van der Waals surface area contributed by atoms with Crippen molar-refractivity contribution in [3.8, 4) is 5.75 Å². The molecule has 1 fully saturated rings. The lowest BCUT2D eigenvalue weighted by Crippen LogP contribution is -2.37. The zero-order valence-corrected chi connectivity index (χ0v) is 21.5. The number of rotatable bonds is 9. The van der Waals surface area contributed by atoms with Crippen LogP contribution in [0.15, 0.2) is 30.0 Å². The molecule has 0 radical (unpaired) electrons. The summed E-state index contributed by atoms with van der Waals surface area (Å²) in [5, 5.41) is 8.79. The van der Waals surface area contributed by atoms with Gasteiger partial charge in [0.15, 0.2) is 6.61 Å². The van der Waals surface area contributed by atoms with E-state index >= 15 is 0 Å². The number of hydrogen-bond acceptors (Lipinski definition) is 5. The minimum absolute atomic E-state index is 0.132. The first-order chi connectivity index (χ1) is 16.7. The van der Waals surface area contributed by atoms with E-state index in [0.29, 0.717) is 35.4 Å². The van der Waals surface area contributed by atoms with Gasteiger partial charge in [-0.15, -0.1) is 0 Å². The van der Waals surface area contributed by atoms with Crippen LogP contribution in [0.2, 0.25) is 0 Å². The highest BCUT2D eigenvalue weighted by Gasteiger charge is 2.22. The Hall–Kier alpha value is -2.87. The lowest BCUT2D eigenvalue weighted by molar-refractivity contribution is -0.122. The number of nitrogens with one attached hydrogen (secondary N) is 3. The maximum Gasteiger partial charge on any atom is 0.257 e. The van der Waals surface area contributed by atoms with E-state index in [1.54, 1.807) is 18.2 Å². The van der Waals surface area contributed by atoms with Gasteiger partial charge in [-0.3, -0.25) is 14.4 Å². The SMILES string of the molecule is CCNC(=O)COc1cc(C(=O)NC2=CCC(N(C)C)CC2)cc(C(=O)NC2CCC(C)CC2)c1. The van der Waals surface area contributed by atoms with Crippen LogP contribution in [0.1, 0.15) is 79.5 Å². The van der Waals surface area contributed by atoms with Crippen LogP contribution in [0.4, 0.5) is 0 Å². The van der Waals surface area contributed by atoms with Gasteiger partial charge in [-0.25, -0.2) is 0 Å². The molecule has 8 heteroatoms. The minimum Gasteiger partial charge on any atom is -0.484 e. The lowest BCUT2D eigenvalue weighted by atomic mass is 9.87. The van der Waals surface area contributed by atoms with E-state index in [4.69, 9.17) is 4.74 Å². The Morgan fingerprint density at radius 1 is 1.00 bits per heavy atom. The first-order valence-corrected chi connectivity index (χ1v) is 12.8. The van der Waals surface area contributed by atoms with Crippen molar-refractivity contribution < 1.29 is 19.1 Å². The van der Waals surface area contributed by atoms with Gasteiger partial charge in [0.1, 0.15) is 5.75 Å². The molecular formula is C27H40N4O4. The van der Waals surface area contributed by atoms with Crippen LogP contribution >= 0.6 is 0 Å². The molecule has 192 valence electrons. The van der Waals surface area contributed by atoms with Crippen LogP contribution in [0.5, 0.6) is 5.75 Å². The van der Waals surface area contributed by atoms with E-state index in [2.05, 4.69) is 47.9 Å². The summed E-state index contributed by atoms with van der Waals surface area (Å²) in [5.41, 5.74) is 1.58. The average Bonchev–Trinajstić information content (AvgIpc) is 2.84. The fraction of sp³-hybridized carbons (Fsp3) is 0.593. The zero-order valence-electron chi connectivity index (χ0n) is 21.5. The van der Waals surface area contributed by atoms with Crippen LogP contribution in [0.25, 0.3) is 0 Å². The predicted octanol–water partition coefficient (Wildman–Crippen LogP) is 3.24. The molecule has 1 saturated carbocycles. The Bertz CT molecular complexity index is 935. The van der Waals surface area contributed by atoms with E-state index in [1.807, 2.05) is 6.92 Å². The molecule has 0 heterocycles. The number of nitrogens with zero attached hydrogens (tertiary/aromatic N) is 1. The summed E-state index contributed by atoms with van der Waals surface area (Å²) >= 11 is 0. The van der Waals surface area contributed by atoms with E-state index in [-0.39, 0.29) is 30.4 Å². The van der Waals surface area contributed by atoms with Crippen molar-refractivity contribution in [3.05, 3.63) is 41.1 Å². The average molecular weight is 485 g/mol. The van der Waals surface area contributed by atoms with Crippen molar-refractivity contribution in [1.29, 1.82) is 0 Å². The fourth-order valence-corrected chi connectivity index (χ4v) is 4.64. The summed E-state index contributed by atoms with van der Waals surface area (Å²) in [6.07, 6.45) is 8.81. The summed E-state index contributed by atoms with van der Waals surface area (Å²) in [6.45, 7) is 4.39. The lowest BCUT2D eigenvalue weighted by Gasteiger charge is -2.27. The molecule has 3 N–H and O–H groups in total. The van der Waals surface area contributed by atoms with Gasteiger partial charge < -0.3 is 25.6 Å². The molecule has 35 heavy (non-hydrogen) atoms. The number of allylic oxidation sites excluding steroid dienone is 1. The van der Waals surface area contributed by atoms with Gasteiger partial charge in [-0.2, -0.15) is 0 Å². The molecule has 8 nitrogen and oxygen atoms in total. The number of benzene rings is 1. The van der Waals surface area contributed by atoms with Crippen LogP contribution in [0, 0.1) is 5.92 Å². The Kier molecular flexibility index (Phi) is 9.72. The van der Waals surface area contributed by atoms with Gasteiger partial charge in [-0.05, 0) is 90.1 Å². The van der Waals surface area contributed by atoms with Crippen molar-refractivity contribution in [2.24, 2.45) is 5.92 Å². The summed E-state index contributed by atoms with van der Waals surface area (Å²) < 4.78 is 5.64. The highest BCUT2D eigenvalue weighted by atomic mass is 16.5. The number of amides is 3. The third-order valence-electron chi connectivity index (χ3n) is 6.91. The van der Waals surface area contributed by atoms with Crippen molar-refractivity contribution >= 4 is 17.7 Å². The monoisotopic (exact) mass is 484 g/mol. The molecule has 1 unspecified atom stereocenters. The second-order valence-electron chi connectivity index (χ2n) is 9.99.